The summed E-state index contributed by atoms with van der Waals surface area (Å²) in [5.74, 6) is 1.86. The van der Waals surface area contributed by atoms with Crippen LogP contribution in [0.2, 0.25) is 0 Å². The minimum atomic E-state index is 0.201. The Labute approximate surface area is 173 Å². The molecular formula is C23H17N3O2S. The quantitative estimate of drug-likeness (QED) is 0.625. The molecule has 1 aliphatic rings. The van der Waals surface area contributed by atoms with Crippen molar-refractivity contribution >= 4 is 17.4 Å². The second-order valence-electron chi connectivity index (χ2n) is 6.50. The second-order valence-corrected chi connectivity index (χ2v) is 7.52. The van der Waals surface area contributed by atoms with Gasteiger partial charge in [-0.3, -0.25) is 0 Å². The Morgan fingerprint density at radius 1 is 0.931 bits per heavy atom. The number of rotatable bonds is 3. The van der Waals surface area contributed by atoms with E-state index in [1.807, 2.05) is 36.4 Å². The molecule has 29 heavy (non-hydrogen) atoms. The molecule has 0 aliphatic carbocycles. The molecule has 6 heteroatoms. The summed E-state index contributed by atoms with van der Waals surface area (Å²) in [6, 6.07) is 17.9. The first-order chi connectivity index (χ1) is 14.1. The topological polar surface area (TPSA) is 92.1 Å². The third-order valence-electron chi connectivity index (χ3n) is 5.03. The maximum absolute atomic E-state index is 9.92. The summed E-state index contributed by atoms with van der Waals surface area (Å²) in [6.45, 7) is 0. The summed E-state index contributed by atoms with van der Waals surface area (Å²) >= 11 is 1.68. The summed E-state index contributed by atoms with van der Waals surface area (Å²) in [7, 11) is 3.16. The Bertz CT molecular complexity index is 1200. The number of nitriles is 2. The number of nitrogens with zero attached hydrogens (tertiary/aromatic N) is 2. The van der Waals surface area contributed by atoms with E-state index in [0.29, 0.717) is 28.4 Å². The predicted octanol–water partition coefficient (Wildman–Crippen LogP) is 4.97. The van der Waals surface area contributed by atoms with Crippen LogP contribution in [0.5, 0.6) is 11.5 Å². The number of nitrogens with two attached hydrogens (primary N) is 1. The zero-order valence-corrected chi connectivity index (χ0v) is 16.8. The lowest BCUT2D eigenvalue weighted by molar-refractivity contribution is 0.394. The average molecular weight is 399 g/mol. The molecule has 0 spiro atoms. The number of benzene rings is 3. The van der Waals surface area contributed by atoms with Gasteiger partial charge in [0.15, 0.2) is 0 Å². The Hall–Kier alpha value is -3.61. The molecule has 0 aromatic heterocycles. The van der Waals surface area contributed by atoms with Gasteiger partial charge < -0.3 is 15.2 Å². The number of anilines is 1. The van der Waals surface area contributed by atoms with Crippen molar-refractivity contribution < 1.29 is 9.47 Å². The fourth-order valence-corrected chi connectivity index (χ4v) is 4.80. The van der Waals surface area contributed by atoms with Crippen molar-refractivity contribution in [3.05, 3.63) is 59.2 Å². The smallest absolute Gasteiger partial charge is 0.123 e. The number of ether oxygens (including phenoxy) is 2. The lowest BCUT2D eigenvalue weighted by Crippen LogP contribution is -2.08. The number of methoxy groups -OCH3 is 2. The van der Waals surface area contributed by atoms with Crippen LogP contribution in [0.1, 0.15) is 16.7 Å². The van der Waals surface area contributed by atoms with Gasteiger partial charge in [0.05, 0.1) is 31.0 Å². The minimum Gasteiger partial charge on any atom is -0.497 e. The van der Waals surface area contributed by atoms with Gasteiger partial charge in [-0.1, -0.05) is 18.2 Å². The molecule has 2 N–H and O–H groups in total. The van der Waals surface area contributed by atoms with Crippen LogP contribution in [-0.4, -0.2) is 14.2 Å². The molecule has 0 fully saturated rings. The monoisotopic (exact) mass is 399 g/mol. The molecule has 0 atom stereocenters. The molecule has 0 saturated carbocycles. The lowest BCUT2D eigenvalue weighted by Gasteiger charge is -2.26. The molecule has 142 valence electrons. The van der Waals surface area contributed by atoms with Crippen LogP contribution in [0.3, 0.4) is 0 Å². The van der Waals surface area contributed by atoms with Gasteiger partial charge in [0.1, 0.15) is 23.6 Å². The lowest BCUT2D eigenvalue weighted by atomic mass is 9.84. The zero-order chi connectivity index (χ0) is 20.5. The van der Waals surface area contributed by atoms with Crippen molar-refractivity contribution in [2.45, 2.75) is 10.6 Å². The number of hydrogen-bond donors (Lipinski definition) is 1. The van der Waals surface area contributed by atoms with Gasteiger partial charge in [0.2, 0.25) is 0 Å². The summed E-state index contributed by atoms with van der Waals surface area (Å²) < 4.78 is 10.8. The molecule has 1 heterocycles. The maximum Gasteiger partial charge on any atom is 0.123 e. The van der Waals surface area contributed by atoms with Gasteiger partial charge >= 0.3 is 0 Å². The molecule has 3 aromatic rings. The van der Waals surface area contributed by atoms with Crippen LogP contribution in [0, 0.1) is 22.7 Å². The van der Waals surface area contributed by atoms with Gasteiger partial charge in [0, 0.05) is 27.8 Å². The van der Waals surface area contributed by atoms with E-state index in [0.717, 1.165) is 32.7 Å². The van der Waals surface area contributed by atoms with E-state index in [-0.39, 0.29) is 5.69 Å². The van der Waals surface area contributed by atoms with Crippen molar-refractivity contribution in [2.75, 3.05) is 20.0 Å². The molecule has 0 saturated heterocycles. The van der Waals surface area contributed by atoms with E-state index in [1.54, 1.807) is 32.0 Å². The first-order valence-corrected chi connectivity index (χ1v) is 9.85. The fourth-order valence-electron chi connectivity index (χ4n) is 3.71. The van der Waals surface area contributed by atoms with Crippen molar-refractivity contribution in [1.82, 2.24) is 0 Å². The summed E-state index contributed by atoms with van der Waals surface area (Å²) in [5.41, 5.74) is 11.4. The molecule has 1 aliphatic heterocycles. The number of thioether (sulfide) groups is 1. The van der Waals surface area contributed by atoms with Gasteiger partial charge in [0.25, 0.3) is 0 Å². The first-order valence-electron chi connectivity index (χ1n) is 8.87. The van der Waals surface area contributed by atoms with E-state index in [9.17, 15) is 10.5 Å². The largest absolute Gasteiger partial charge is 0.497 e. The van der Waals surface area contributed by atoms with Crippen LogP contribution >= 0.6 is 11.8 Å². The Morgan fingerprint density at radius 2 is 1.55 bits per heavy atom. The van der Waals surface area contributed by atoms with Gasteiger partial charge in [-0.15, -0.1) is 11.8 Å². The summed E-state index contributed by atoms with van der Waals surface area (Å²) in [5, 5.41) is 19.8. The van der Waals surface area contributed by atoms with E-state index < -0.39 is 0 Å². The average Bonchev–Trinajstić information content (AvgIpc) is 2.77. The van der Waals surface area contributed by atoms with Crippen molar-refractivity contribution in [3.63, 3.8) is 0 Å². The van der Waals surface area contributed by atoms with Crippen molar-refractivity contribution in [3.8, 4) is 45.9 Å². The number of fused-ring (bicyclic) bond motifs is 3. The SMILES string of the molecule is COc1cc(OC)cc(-c2c(C#N)c(N)c(C#N)c3c2CSc2ccccc2-3)c1. The van der Waals surface area contributed by atoms with E-state index >= 15 is 0 Å². The van der Waals surface area contributed by atoms with Crippen LogP contribution in [0.15, 0.2) is 47.4 Å². The van der Waals surface area contributed by atoms with Gasteiger partial charge in [-0.2, -0.15) is 10.5 Å². The van der Waals surface area contributed by atoms with E-state index in [1.165, 1.54) is 0 Å². The van der Waals surface area contributed by atoms with Crippen LogP contribution in [0.4, 0.5) is 5.69 Å². The Balaban J connectivity index is 2.14. The molecule has 0 unspecified atom stereocenters. The van der Waals surface area contributed by atoms with Crippen LogP contribution in [-0.2, 0) is 5.75 Å². The standard InChI is InChI=1S/C23H17N3O2S/c1-27-14-7-13(8-15(9-14)28-2)21-17(10-24)23(26)18(11-25)22-16-5-3-4-6-20(16)29-12-19(21)22/h3-9H,12,26H2,1-2H3. The number of nitrogen functional groups attached to an aromatic ring is 1. The van der Waals surface area contributed by atoms with Crippen molar-refractivity contribution in [2.24, 2.45) is 0 Å². The number of hydrogen-bond acceptors (Lipinski definition) is 6. The fraction of sp³-hybridized carbons (Fsp3) is 0.130. The second kappa shape index (κ2) is 7.43. The predicted molar refractivity (Wildman–Crippen MR) is 114 cm³/mol. The molecule has 4 rings (SSSR count). The Kier molecular flexibility index (Phi) is 4.80. The van der Waals surface area contributed by atoms with E-state index in [2.05, 4.69) is 12.1 Å². The third-order valence-corrected chi connectivity index (χ3v) is 6.13. The maximum atomic E-state index is 9.92. The van der Waals surface area contributed by atoms with Crippen LogP contribution < -0.4 is 15.2 Å². The molecule has 3 aromatic carbocycles. The molecule has 0 radical (unpaired) electrons. The molecule has 5 nitrogen and oxygen atoms in total. The summed E-state index contributed by atoms with van der Waals surface area (Å²) in [6.07, 6.45) is 0. The van der Waals surface area contributed by atoms with Crippen LogP contribution in [0.25, 0.3) is 22.3 Å². The highest BCUT2D eigenvalue weighted by Gasteiger charge is 2.28. The highest BCUT2D eigenvalue weighted by atomic mass is 32.2. The normalized spacial score (nSPS) is 11.6. The zero-order valence-electron chi connectivity index (χ0n) is 15.9. The first kappa shape index (κ1) is 18.7. The Morgan fingerprint density at radius 3 is 2.17 bits per heavy atom. The highest BCUT2D eigenvalue weighted by molar-refractivity contribution is 7.98. The molecule has 0 amide bonds. The summed E-state index contributed by atoms with van der Waals surface area (Å²) in [4.78, 5) is 1.09. The molecular weight excluding hydrogens is 382 g/mol. The van der Waals surface area contributed by atoms with E-state index in [4.69, 9.17) is 15.2 Å². The van der Waals surface area contributed by atoms with Crippen molar-refractivity contribution in [1.29, 1.82) is 10.5 Å². The highest BCUT2D eigenvalue weighted by Crippen LogP contribution is 2.50. The molecule has 0 bridgehead atoms. The minimum absolute atomic E-state index is 0.201. The van der Waals surface area contributed by atoms with Gasteiger partial charge in [-0.05, 0) is 34.9 Å². The third kappa shape index (κ3) is 2.95. The van der Waals surface area contributed by atoms with Gasteiger partial charge in [-0.25, -0.2) is 0 Å².